The molecule has 1 aromatic carbocycles. The minimum absolute atomic E-state index is 0.331. The minimum Gasteiger partial charge on any atom is -0.389 e. The first-order chi connectivity index (χ1) is 9.02. The molecule has 0 saturated carbocycles. The lowest BCUT2D eigenvalue weighted by Gasteiger charge is -2.16. The van der Waals surface area contributed by atoms with Crippen LogP contribution in [0.2, 0.25) is 0 Å². The quantitative estimate of drug-likeness (QED) is 0.746. The molecule has 102 valence electrons. The van der Waals surface area contributed by atoms with Gasteiger partial charge in [0.15, 0.2) is 5.13 Å². The summed E-state index contributed by atoms with van der Waals surface area (Å²) < 4.78 is 0. The van der Waals surface area contributed by atoms with Gasteiger partial charge in [0.25, 0.3) is 0 Å². The Labute approximate surface area is 124 Å². The Hall–Kier alpha value is -0.950. The molecule has 0 spiro atoms. The van der Waals surface area contributed by atoms with Crippen molar-refractivity contribution in [2.45, 2.75) is 19.1 Å². The second-order valence-corrected chi connectivity index (χ2v) is 6.13. The van der Waals surface area contributed by atoms with Crippen LogP contribution in [0, 0.1) is 6.92 Å². The van der Waals surface area contributed by atoms with Gasteiger partial charge in [-0.3, -0.25) is 0 Å². The number of hydrogen-bond acceptors (Lipinski definition) is 5. The zero-order valence-electron chi connectivity index (χ0n) is 10.4. The summed E-state index contributed by atoms with van der Waals surface area (Å²) in [6.07, 6.45) is -1.71. The van der Waals surface area contributed by atoms with Gasteiger partial charge >= 0.3 is 0 Å². The third-order valence-corrected chi connectivity index (χ3v) is 4.32. The number of benzene rings is 1. The highest BCUT2D eigenvalue weighted by atomic mass is 79.9. The number of halogens is 1. The average Bonchev–Trinajstić information content (AvgIpc) is 2.76. The van der Waals surface area contributed by atoms with Crippen LogP contribution in [-0.4, -0.2) is 26.6 Å². The fraction of sp³-hybridized carbons (Fsp3) is 0.308. The van der Waals surface area contributed by atoms with E-state index < -0.39 is 12.2 Å². The van der Waals surface area contributed by atoms with Crippen LogP contribution >= 0.6 is 27.3 Å². The van der Waals surface area contributed by atoms with Crippen molar-refractivity contribution >= 4 is 32.4 Å². The van der Waals surface area contributed by atoms with Gasteiger partial charge in [-0.05, 0) is 12.5 Å². The molecule has 0 aliphatic heterocycles. The molecule has 2 unspecified atom stereocenters. The van der Waals surface area contributed by atoms with Gasteiger partial charge in [-0.2, -0.15) is 0 Å². The van der Waals surface area contributed by atoms with E-state index in [9.17, 15) is 10.2 Å². The molecule has 2 aromatic rings. The molecule has 0 fully saturated rings. The molecule has 19 heavy (non-hydrogen) atoms. The average molecular weight is 343 g/mol. The minimum atomic E-state index is -0.893. The first-order valence-electron chi connectivity index (χ1n) is 5.78. The summed E-state index contributed by atoms with van der Waals surface area (Å²) in [6, 6.07) is 7.34. The van der Waals surface area contributed by atoms with E-state index in [1.54, 1.807) is 12.1 Å². The Morgan fingerprint density at radius 2 is 1.95 bits per heavy atom. The van der Waals surface area contributed by atoms with Crippen molar-refractivity contribution in [1.29, 1.82) is 0 Å². The fourth-order valence-corrected chi connectivity index (χ4v) is 2.89. The van der Waals surface area contributed by atoms with E-state index >= 15 is 0 Å². The van der Waals surface area contributed by atoms with E-state index in [4.69, 9.17) is 5.73 Å². The summed E-state index contributed by atoms with van der Waals surface area (Å²) >= 11 is 4.60. The van der Waals surface area contributed by atoms with Gasteiger partial charge in [0.2, 0.25) is 0 Å². The number of hydrogen-bond donors (Lipinski definition) is 3. The second kappa shape index (κ2) is 6.00. The number of thiazole rings is 1. The van der Waals surface area contributed by atoms with Gasteiger partial charge in [-0.15, -0.1) is 11.3 Å². The van der Waals surface area contributed by atoms with E-state index in [-0.39, 0.29) is 0 Å². The molecule has 2 atom stereocenters. The Morgan fingerprint density at radius 1 is 1.32 bits per heavy atom. The van der Waals surface area contributed by atoms with Gasteiger partial charge in [0.1, 0.15) is 6.10 Å². The Bertz CT molecular complexity index is 556. The predicted octanol–water partition coefficient (Wildman–Crippen LogP) is 2.49. The molecular formula is C13H15BrN2O2S. The monoisotopic (exact) mass is 342 g/mol. The van der Waals surface area contributed by atoms with Crippen LogP contribution in [0.1, 0.15) is 16.5 Å². The molecular weight excluding hydrogens is 328 g/mol. The lowest BCUT2D eigenvalue weighted by atomic mass is 10.0. The number of aryl methyl sites for hydroxylation is 1. The summed E-state index contributed by atoms with van der Waals surface area (Å²) in [7, 11) is 0. The zero-order chi connectivity index (χ0) is 14.0. The first kappa shape index (κ1) is 14.5. The molecule has 0 radical (unpaired) electrons. The van der Waals surface area contributed by atoms with Crippen LogP contribution in [0.25, 0.3) is 11.3 Å². The van der Waals surface area contributed by atoms with Crippen molar-refractivity contribution in [2.75, 3.05) is 11.1 Å². The maximum absolute atomic E-state index is 9.90. The number of rotatable bonds is 4. The molecule has 0 aliphatic carbocycles. The number of alkyl halides is 1. The van der Waals surface area contributed by atoms with Crippen LogP contribution in [0.15, 0.2) is 24.3 Å². The molecule has 0 bridgehead atoms. The number of aromatic nitrogens is 1. The molecule has 2 rings (SSSR count). The summed E-state index contributed by atoms with van der Waals surface area (Å²) in [6.45, 7) is 1.97. The van der Waals surface area contributed by atoms with Gasteiger partial charge in [-0.25, -0.2) is 4.98 Å². The molecule has 1 heterocycles. The van der Waals surface area contributed by atoms with Crippen molar-refractivity contribution in [3.63, 3.8) is 0 Å². The predicted molar refractivity (Wildman–Crippen MR) is 81.5 cm³/mol. The van der Waals surface area contributed by atoms with Gasteiger partial charge < -0.3 is 15.9 Å². The maximum Gasteiger partial charge on any atom is 0.180 e. The normalized spacial score (nSPS) is 14.3. The maximum atomic E-state index is 9.90. The Kier molecular flexibility index (Phi) is 4.57. The highest BCUT2D eigenvalue weighted by Crippen LogP contribution is 2.30. The smallest absolute Gasteiger partial charge is 0.180 e. The largest absolute Gasteiger partial charge is 0.389 e. The number of nitrogen functional groups attached to an aromatic ring is 1. The van der Waals surface area contributed by atoms with E-state index in [0.717, 1.165) is 16.1 Å². The lowest BCUT2D eigenvalue weighted by Crippen LogP contribution is -2.19. The number of aliphatic hydroxyl groups excluding tert-OH is 2. The molecule has 4 nitrogen and oxygen atoms in total. The van der Waals surface area contributed by atoms with Crippen LogP contribution in [0.5, 0.6) is 0 Å². The zero-order valence-corrected chi connectivity index (χ0v) is 12.8. The Morgan fingerprint density at radius 3 is 2.42 bits per heavy atom. The lowest BCUT2D eigenvalue weighted by molar-refractivity contribution is 0.0343. The van der Waals surface area contributed by atoms with Crippen LogP contribution in [0.3, 0.4) is 0 Å². The van der Waals surface area contributed by atoms with Gasteiger partial charge in [0.05, 0.1) is 11.8 Å². The molecule has 1 aromatic heterocycles. The second-order valence-electron chi connectivity index (χ2n) is 4.25. The topological polar surface area (TPSA) is 79.4 Å². The molecule has 0 saturated heterocycles. The van der Waals surface area contributed by atoms with Crippen molar-refractivity contribution in [2.24, 2.45) is 0 Å². The SMILES string of the molecule is Cc1sc(N)nc1-c1ccc(C(O)C(O)CBr)cc1. The highest BCUT2D eigenvalue weighted by Gasteiger charge is 2.17. The highest BCUT2D eigenvalue weighted by molar-refractivity contribution is 9.09. The van der Waals surface area contributed by atoms with Crippen molar-refractivity contribution in [3.05, 3.63) is 34.7 Å². The van der Waals surface area contributed by atoms with Crippen LogP contribution in [0.4, 0.5) is 5.13 Å². The van der Waals surface area contributed by atoms with Crippen molar-refractivity contribution in [3.8, 4) is 11.3 Å². The summed E-state index contributed by atoms with van der Waals surface area (Å²) in [4.78, 5) is 5.34. The van der Waals surface area contributed by atoms with E-state index in [1.165, 1.54) is 11.3 Å². The number of aliphatic hydroxyl groups is 2. The third-order valence-electron chi connectivity index (χ3n) is 2.86. The van der Waals surface area contributed by atoms with E-state index in [2.05, 4.69) is 20.9 Å². The summed E-state index contributed by atoms with van der Waals surface area (Å²) in [5.74, 6) is 0. The van der Waals surface area contributed by atoms with Crippen LogP contribution in [-0.2, 0) is 0 Å². The fourth-order valence-electron chi connectivity index (χ4n) is 1.83. The summed E-state index contributed by atoms with van der Waals surface area (Å²) in [5.41, 5.74) is 8.18. The van der Waals surface area contributed by atoms with Crippen molar-refractivity contribution < 1.29 is 10.2 Å². The summed E-state index contributed by atoms with van der Waals surface area (Å²) in [5, 5.41) is 20.4. The first-order valence-corrected chi connectivity index (χ1v) is 7.72. The standard InChI is InChI=1S/C13H15BrN2O2S/c1-7-11(16-13(15)19-7)8-2-4-9(5-3-8)12(18)10(17)6-14/h2-5,10,12,17-18H,6H2,1H3,(H2,15,16). The third kappa shape index (κ3) is 3.14. The number of nitrogens with two attached hydrogens (primary N) is 1. The Balaban J connectivity index is 2.26. The molecule has 6 heteroatoms. The van der Waals surface area contributed by atoms with Crippen LogP contribution < -0.4 is 5.73 Å². The number of nitrogens with zero attached hydrogens (tertiary/aromatic N) is 1. The molecule has 4 N–H and O–H groups in total. The van der Waals surface area contributed by atoms with Gasteiger partial charge in [0, 0.05) is 15.8 Å². The molecule has 0 amide bonds. The molecule has 0 aliphatic rings. The van der Waals surface area contributed by atoms with E-state index in [1.807, 2.05) is 19.1 Å². The van der Waals surface area contributed by atoms with Gasteiger partial charge in [-0.1, -0.05) is 40.2 Å². The number of anilines is 1. The van der Waals surface area contributed by atoms with Crippen molar-refractivity contribution in [1.82, 2.24) is 4.98 Å². The van der Waals surface area contributed by atoms with E-state index in [0.29, 0.717) is 16.0 Å².